The van der Waals surface area contributed by atoms with Gasteiger partial charge in [-0.25, -0.2) is 0 Å². The summed E-state index contributed by atoms with van der Waals surface area (Å²) < 4.78 is 0. The molecule has 1 aromatic rings. The number of benzene rings is 1. The van der Waals surface area contributed by atoms with E-state index < -0.39 is 0 Å². The van der Waals surface area contributed by atoms with Gasteiger partial charge in [0.15, 0.2) is 5.78 Å². The second kappa shape index (κ2) is 5.46. The summed E-state index contributed by atoms with van der Waals surface area (Å²) >= 11 is 0. The zero-order chi connectivity index (χ0) is 13.1. The molecule has 1 aromatic carbocycles. The second-order valence-electron chi connectivity index (χ2n) is 6.03. The fourth-order valence-electron chi connectivity index (χ4n) is 3.80. The SMILES string of the molecule is O=C1CCCC[C@]12CCCCN2Cc1ccccc1. The first-order valence-electron chi connectivity index (χ1n) is 7.64. The molecule has 2 fully saturated rings. The number of hydrogen-bond acceptors (Lipinski definition) is 2. The summed E-state index contributed by atoms with van der Waals surface area (Å²) in [7, 11) is 0. The molecule has 0 amide bonds. The third kappa shape index (κ3) is 2.46. The van der Waals surface area contributed by atoms with Crippen LogP contribution in [-0.4, -0.2) is 22.8 Å². The highest BCUT2D eigenvalue weighted by atomic mass is 16.1. The Morgan fingerprint density at radius 1 is 1.00 bits per heavy atom. The number of rotatable bonds is 2. The minimum absolute atomic E-state index is 0.119. The van der Waals surface area contributed by atoms with E-state index >= 15 is 0 Å². The summed E-state index contributed by atoms with van der Waals surface area (Å²) in [5, 5.41) is 0. The zero-order valence-corrected chi connectivity index (χ0v) is 11.6. The maximum absolute atomic E-state index is 12.5. The van der Waals surface area contributed by atoms with Gasteiger partial charge in [-0.1, -0.05) is 36.8 Å². The Balaban J connectivity index is 1.82. The van der Waals surface area contributed by atoms with E-state index in [1.165, 1.54) is 24.8 Å². The number of carbonyl (C=O) groups is 1. The van der Waals surface area contributed by atoms with Crippen LogP contribution in [0, 0.1) is 0 Å². The van der Waals surface area contributed by atoms with Crippen molar-refractivity contribution in [3.05, 3.63) is 35.9 Å². The van der Waals surface area contributed by atoms with Gasteiger partial charge in [0.05, 0.1) is 5.54 Å². The molecular formula is C17H23NO. The molecule has 2 aliphatic rings. The summed E-state index contributed by atoms with van der Waals surface area (Å²) in [6.45, 7) is 2.02. The minimum atomic E-state index is -0.119. The van der Waals surface area contributed by atoms with Gasteiger partial charge in [0, 0.05) is 13.0 Å². The van der Waals surface area contributed by atoms with Crippen LogP contribution >= 0.6 is 0 Å². The number of Topliss-reactive ketones (excluding diaryl/α,β-unsaturated/α-hetero) is 1. The van der Waals surface area contributed by atoms with Gasteiger partial charge in [-0.05, 0) is 44.2 Å². The molecule has 1 saturated carbocycles. The van der Waals surface area contributed by atoms with Crippen LogP contribution in [0.1, 0.15) is 50.5 Å². The van der Waals surface area contributed by atoms with E-state index in [-0.39, 0.29) is 5.54 Å². The number of ketones is 1. The third-order valence-electron chi connectivity index (χ3n) is 4.85. The first-order valence-corrected chi connectivity index (χ1v) is 7.64. The Morgan fingerprint density at radius 3 is 2.53 bits per heavy atom. The summed E-state index contributed by atoms with van der Waals surface area (Å²) in [5.74, 6) is 0.509. The number of nitrogens with zero attached hydrogens (tertiary/aromatic N) is 1. The van der Waals surface area contributed by atoms with Crippen molar-refractivity contribution in [1.29, 1.82) is 0 Å². The van der Waals surface area contributed by atoms with Crippen molar-refractivity contribution >= 4 is 5.78 Å². The number of carbonyl (C=O) groups excluding carboxylic acids is 1. The van der Waals surface area contributed by atoms with Crippen molar-refractivity contribution in [2.75, 3.05) is 6.54 Å². The van der Waals surface area contributed by atoms with Crippen LogP contribution in [0.2, 0.25) is 0 Å². The molecule has 3 rings (SSSR count). The van der Waals surface area contributed by atoms with Crippen molar-refractivity contribution in [2.24, 2.45) is 0 Å². The molecule has 0 N–H and O–H groups in total. The van der Waals surface area contributed by atoms with Crippen molar-refractivity contribution in [1.82, 2.24) is 4.90 Å². The van der Waals surface area contributed by atoms with Crippen molar-refractivity contribution in [3.8, 4) is 0 Å². The van der Waals surface area contributed by atoms with Gasteiger partial charge in [0.1, 0.15) is 0 Å². The lowest BCUT2D eigenvalue weighted by molar-refractivity contribution is -0.137. The Kier molecular flexibility index (Phi) is 3.69. The Hall–Kier alpha value is -1.15. The fourth-order valence-corrected chi connectivity index (χ4v) is 3.80. The van der Waals surface area contributed by atoms with E-state index in [9.17, 15) is 4.79 Å². The lowest BCUT2D eigenvalue weighted by Crippen LogP contribution is -2.57. The standard InChI is InChI=1S/C17H23NO/c19-16-10-4-5-11-17(16)12-6-7-13-18(17)14-15-8-2-1-3-9-15/h1-3,8-9H,4-7,10-14H2/t17-/m0/s1. The van der Waals surface area contributed by atoms with Crippen LogP contribution in [-0.2, 0) is 11.3 Å². The van der Waals surface area contributed by atoms with Crippen molar-refractivity contribution < 1.29 is 4.79 Å². The largest absolute Gasteiger partial charge is 0.298 e. The summed E-state index contributed by atoms with van der Waals surface area (Å²) in [6, 6.07) is 10.6. The quantitative estimate of drug-likeness (QED) is 0.807. The average molecular weight is 257 g/mol. The summed E-state index contributed by atoms with van der Waals surface area (Å²) in [4.78, 5) is 15.0. The highest BCUT2D eigenvalue weighted by Gasteiger charge is 2.45. The molecule has 0 bridgehead atoms. The summed E-state index contributed by atoms with van der Waals surface area (Å²) in [5.41, 5.74) is 1.22. The molecule has 0 radical (unpaired) electrons. The molecule has 1 heterocycles. The molecular weight excluding hydrogens is 234 g/mol. The molecule has 1 atom stereocenters. The first kappa shape index (κ1) is 12.9. The molecule has 0 unspecified atom stereocenters. The van der Waals surface area contributed by atoms with E-state index in [4.69, 9.17) is 0 Å². The topological polar surface area (TPSA) is 20.3 Å². The molecule has 1 aliphatic heterocycles. The second-order valence-corrected chi connectivity index (χ2v) is 6.03. The van der Waals surface area contributed by atoms with Gasteiger partial charge in [0.25, 0.3) is 0 Å². The predicted molar refractivity (Wildman–Crippen MR) is 76.9 cm³/mol. The number of piperidine rings is 1. The Morgan fingerprint density at radius 2 is 1.74 bits per heavy atom. The van der Waals surface area contributed by atoms with Gasteiger partial charge in [-0.2, -0.15) is 0 Å². The molecule has 1 spiro atoms. The van der Waals surface area contributed by atoms with Crippen LogP contribution in [0.25, 0.3) is 0 Å². The third-order valence-corrected chi connectivity index (χ3v) is 4.85. The summed E-state index contributed by atoms with van der Waals surface area (Å²) in [6.07, 6.45) is 7.73. The molecule has 19 heavy (non-hydrogen) atoms. The van der Waals surface area contributed by atoms with E-state index in [1.807, 2.05) is 0 Å². The maximum Gasteiger partial charge on any atom is 0.153 e. The highest BCUT2D eigenvalue weighted by molar-refractivity contribution is 5.89. The van der Waals surface area contributed by atoms with E-state index in [0.29, 0.717) is 5.78 Å². The lowest BCUT2D eigenvalue weighted by atomic mass is 9.73. The molecule has 1 saturated heterocycles. The fraction of sp³-hybridized carbons (Fsp3) is 0.588. The molecule has 2 heteroatoms. The van der Waals surface area contributed by atoms with Crippen LogP contribution < -0.4 is 0 Å². The number of hydrogen-bond donors (Lipinski definition) is 0. The van der Waals surface area contributed by atoms with E-state index in [0.717, 1.165) is 38.8 Å². The minimum Gasteiger partial charge on any atom is -0.298 e. The van der Waals surface area contributed by atoms with Crippen molar-refractivity contribution in [2.45, 2.75) is 57.0 Å². The highest BCUT2D eigenvalue weighted by Crippen LogP contribution is 2.39. The van der Waals surface area contributed by atoms with Gasteiger partial charge in [-0.3, -0.25) is 9.69 Å². The Labute approximate surface area is 115 Å². The van der Waals surface area contributed by atoms with Crippen LogP contribution in [0.3, 0.4) is 0 Å². The van der Waals surface area contributed by atoms with Gasteiger partial charge >= 0.3 is 0 Å². The molecule has 102 valence electrons. The zero-order valence-electron chi connectivity index (χ0n) is 11.6. The van der Waals surface area contributed by atoms with Crippen LogP contribution in [0.4, 0.5) is 0 Å². The lowest BCUT2D eigenvalue weighted by Gasteiger charge is -2.48. The molecule has 0 aromatic heterocycles. The van der Waals surface area contributed by atoms with E-state index in [1.54, 1.807) is 0 Å². The Bertz CT molecular complexity index is 436. The van der Waals surface area contributed by atoms with Gasteiger partial charge in [-0.15, -0.1) is 0 Å². The first-order chi connectivity index (χ1) is 9.31. The van der Waals surface area contributed by atoms with E-state index in [2.05, 4.69) is 35.2 Å². The normalized spacial score (nSPS) is 28.7. The van der Waals surface area contributed by atoms with Crippen molar-refractivity contribution in [3.63, 3.8) is 0 Å². The maximum atomic E-state index is 12.5. The van der Waals surface area contributed by atoms with Gasteiger partial charge in [0.2, 0.25) is 0 Å². The van der Waals surface area contributed by atoms with Crippen LogP contribution in [0.5, 0.6) is 0 Å². The molecule has 2 nitrogen and oxygen atoms in total. The number of likely N-dealkylation sites (tertiary alicyclic amines) is 1. The average Bonchev–Trinajstić information content (AvgIpc) is 2.46. The smallest absolute Gasteiger partial charge is 0.153 e. The molecule has 1 aliphatic carbocycles. The monoisotopic (exact) mass is 257 g/mol. The van der Waals surface area contributed by atoms with Gasteiger partial charge < -0.3 is 0 Å². The van der Waals surface area contributed by atoms with Crippen LogP contribution in [0.15, 0.2) is 30.3 Å². The predicted octanol–water partition coefficient (Wildman–Crippen LogP) is 3.55.